The minimum atomic E-state index is -4.87. The van der Waals surface area contributed by atoms with Crippen LogP contribution in [0.1, 0.15) is 59.9 Å². The molecular weight excluding hydrogens is 698 g/mol. The summed E-state index contributed by atoms with van der Waals surface area (Å²) in [6.45, 7) is 1.93. The van der Waals surface area contributed by atoms with Crippen molar-refractivity contribution in [2.75, 3.05) is 4.90 Å². The van der Waals surface area contributed by atoms with Gasteiger partial charge in [0.05, 0.1) is 23.1 Å². The molecule has 3 heterocycles. The Hall–Kier alpha value is -4.66. The van der Waals surface area contributed by atoms with Crippen LogP contribution in [0.4, 0.5) is 24.8 Å². The van der Waals surface area contributed by atoms with Crippen LogP contribution in [-0.2, 0) is 33.6 Å². The third kappa shape index (κ3) is 6.16. The molecule has 2 fully saturated rings. The van der Waals surface area contributed by atoms with E-state index in [-0.39, 0.29) is 34.0 Å². The summed E-state index contributed by atoms with van der Waals surface area (Å²) in [4.78, 5) is 52.3. The number of nitrogens with one attached hydrogen (secondary N) is 2. The van der Waals surface area contributed by atoms with Crippen LogP contribution in [0.3, 0.4) is 0 Å². The summed E-state index contributed by atoms with van der Waals surface area (Å²) in [5, 5.41) is 6.51. The highest BCUT2D eigenvalue weighted by atomic mass is 35.5. The summed E-state index contributed by atoms with van der Waals surface area (Å²) in [6.07, 6.45) is 0.218. The maximum atomic E-state index is 14.3. The Balaban J connectivity index is 1.19. The lowest BCUT2D eigenvalue weighted by atomic mass is 9.91. The van der Waals surface area contributed by atoms with Crippen LogP contribution in [0.25, 0.3) is 0 Å². The number of amides is 3. The predicted octanol–water partition coefficient (Wildman–Crippen LogP) is 5.65. The van der Waals surface area contributed by atoms with Gasteiger partial charge in [-0.25, -0.2) is 9.88 Å². The van der Waals surface area contributed by atoms with E-state index in [1.807, 2.05) is 12.1 Å². The third-order valence-electron chi connectivity index (χ3n) is 9.33. The van der Waals surface area contributed by atoms with Gasteiger partial charge < -0.3 is 21.1 Å². The van der Waals surface area contributed by atoms with Crippen molar-refractivity contribution in [1.29, 1.82) is 0 Å². The van der Waals surface area contributed by atoms with E-state index >= 15 is 0 Å². The van der Waals surface area contributed by atoms with Gasteiger partial charge in [-0.15, -0.1) is 13.2 Å². The number of benzene rings is 2. The highest BCUT2D eigenvalue weighted by Crippen LogP contribution is 2.48. The smallest absolute Gasteiger partial charge is 0.406 e. The van der Waals surface area contributed by atoms with E-state index in [1.165, 1.54) is 46.0 Å². The number of imidazole rings is 1. The Morgan fingerprint density at radius 2 is 1.64 bits per heavy atom. The van der Waals surface area contributed by atoms with Gasteiger partial charge in [-0.1, -0.05) is 35.3 Å². The molecule has 0 spiro atoms. The number of nitrogens with zero attached hydrogens (tertiary/aromatic N) is 4. The summed E-state index contributed by atoms with van der Waals surface area (Å²) in [5.74, 6) is -1.81. The Bertz CT molecular complexity index is 2010. The lowest BCUT2D eigenvalue weighted by Gasteiger charge is -2.27. The molecule has 2 aromatic heterocycles. The van der Waals surface area contributed by atoms with Gasteiger partial charge in [0.1, 0.15) is 22.5 Å². The van der Waals surface area contributed by atoms with Crippen LogP contribution >= 0.6 is 23.2 Å². The van der Waals surface area contributed by atoms with Crippen molar-refractivity contribution in [1.82, 2.24) is 25.2 Å². The Labute approximate surface area is 293 Å². The zero-order valence-corrected chi connectivity index (χ0v) is 28.0. The number of alkyl halides is 3. The first kappa shape index (κ1) is 33.8. The lowest BCUT2D eigenvalue weighted by Crippen LogP contribution is -2.52. The number of fused-ring (bicyclic) bond motifs is 1. The van der Waals surface area contributed by atoms with Crippen LogP contribution in [0.15, 0.2) is 67.0 Å². The van der Waals surface area contributed by atoms with Gasteiger partial charge in [0.2, 0.25) is 11.9 Å². The topological polar surface area (TPSA) is 144 Å². The largest absolute Gasteiger partial charge is 0.573 e. The van der Waals surface area contributed by atoms with E-state index in [4.69, 9.17) is 28.9 Å². The SMILES string of the molecule is C[C@@]1(Cc2ccc(OC(F)(F)F)cc2)C(=O)N(c2cc(Cl)cc(Cl)c2)c2ncc(C(=O)NC3(C(=O)NC4(c5cc(CN)ccn5)CC4)CC3)n21. The molecule has 1 atom stereocenters. The van der Waals surface area contributed by atoms with Gasteiger partial charge in [-0.2, -0.15) is 0 Å². The molecule has 3 amide bonds. The summed E-state index contributed by atoms with van der Waals surface area (Å²) in [6, 6.07) is 13.3. The fraction of sp³-hybridized carbons (Fsp3) is 0.324. The maximum absolute atomic E-state index is 14.3. The van der Waals surface area contributed by atoms with Gasteiger partial charge >= 0.3 is 6.36 Å². The minimum absolute atomic E-state index is 0.000948. The first-order valence-electron chi connectivity index (χ1n) is 15.7. The second kappa shape index (κ2) is 12.0. The average Bonchev–Trinajstić information content (AvgIpc) is 3.96. The molecule has 4 N–H and O–H groups in total. The first-order valence-corrected chi connectivity index (χ1v) is 16.5. The maximum Gasteiger partial charge on any atom is 0.573 e. The van der Waals surface area contributed by atoms with Crippen LogP contribution in [-0.4, -0.2) is 44.2 Å². The molecule has 11 nitrogen and oxygen atoms in total. The summed E-state index contributed by atoms with van der Waals surface area (Å²) in [7, 11) is 0. The zero-order valence-electron chi connectivity index (χ0n) is 26.5. The van der Waals surface area contributed by atoms with E-state index in [0.717, 1.165) is 17.7 Å². The van der Waals surface area contributed by atoms with Crippen LogP contribution < -0.4 is 26.0 Å². The summed E-state index contributed by atoms with van der Waals surface area (Å²) >= 11 is 12.6. The summed E-state index contributed by atoms with van der Waals surface area (Å²) in [5.41, 5.74) is 4.84. The zero-order chi connectivity index (χ0) is 35.6. The van der Waals surface area contributed by atoms with Crippen molar-refractivity contribution >= 4 is 52.6 Å². The number of aromatic nitrogens is 3. The van der Waals surface area contributed by atoms with Crippen molar-refractivity contribution in [2.45, 2.75) is 68.6 Å². The highest BCUT2D eigenvalue weighted by Gasteiger charge is 2.57. The molecule has 2 aromatic carbocycles. The van der Waals surface area contributed by atoms with Crippen molar-refractivity contribution < 1.29 is 32.3 Å². The third-order valence-corrected chi connectivity index (χ3v) is 9.77. The van der Waals surface area contributed by atoms with E-state index in [2.05, 4.69) is 25.3 Å². The molecule has 0 bridgehead atoms. The standard InChI is InChI=1S/C34H30Cl2F3N7O4/c1-31(16-19-2-4-24(5-3-19)50-34(37,38)39)29(49)45(23-14-21(35)13-22(36)15-23)30-42-18-25(46(30)31)27(47)43-33(9-10-33)28(48)44-32(7-8-32)26-12-20(17-40)6-11-41-26/h2-6,11-15,18H,7-10,16-17,40H2,1H3,(H,43,47)(H,44,48)/t31-/m1/s1. The fourth-order valence-corrected chi connectivity index (χ4v) is 6.94. The number of rotatable bonds is 10. The number of anilines is 2. The molecule has 2 saturated carbocycles. The number of carbonyl (C=O) groups is 3. The van der Waals surface area contributed by atoms with Crippen molar-refractivity contribution in [3.05, 3.63) is 99.6 Å². The Kier molecular flexibility index (Phi) is 8.11. The molecule has 260 valence electrons. The Morgan fingerprint density at radius 3 is 2.24 bits per heavy atom. The number of halogens is 5. The Morgan fingerprint density at radius 1 is 0.960 bits per heavy atom. The molecule has 0 saturated heterocycles. The number of ether oxygens (including phenoxy) is 1. The molecule has 50 heavy (non-hydrogen) atoms. The number of hydrogen-bond donors (Lipinski definition) is 3. The van der Waals surface area contributed by atoms with Gasteiger partial charge in [0.25, 0.3) is 11.8 Å². The molecule has 4 aromatic rings. The van der Waals surface area contributed by atoms with Gasteiger partial charge in [0, 0.05) is 29.2 Å². The minimum Gasteiger partial charge on any atom is -0.406 e. The monoisotopic (exact) mass is 727 g/mol. The van der Waals surface area contributed by atoms with E-state index in [0.29, 0.717) is 49.2 Å². The molecule has 1 aliphatic heterocycles. The first-order chi connectivity index (χ1) is 23.7. The molecular formula is C34H30Cl2F3N7O4. The quantitative estimate of drug-likeness (QED) is 0.192. The second-order valence-electron chi connectivity index (χ2n) is 13.0. The van der Waals surface area contributed by atoms with Crippen molar-refractivity contribution in [3.63, 3.8) is 0 Å². The van der Waals surface area contributed by atoms with Crippen LogP contribution in [0, 0.1) is 0 Å². The molecule has 7 rings (SSSR count). The number of nitrogens with two attached hydrogens (primary N) is 1. The average molecular weight is 729 g/mol. The lowest BCUT2D eigenvalue weighted by molar-refractivity contribution is -0.274. The van der Waals surface area contributed by atoms with E-state index < -0.39 is 40.5 Å². The van der Waals surface area contributed by atoms with Gasteiger partial charge in [-0.3, -0.25) is 23.9 Å². The molecule has 2 aliphatic carbocycles. The molecule has 0 unspecified atom stereocenters. The number of pyridine rings is 1. The molecule has 3 aliphatic rings. The van der Waals surface area contributed by atoms with Gasteiger partial charge in [-0.05, 0) is 86.2 Å². The normalized spacial score (nSPS) is 19.9. The van der Waals surface area contributed by atoms with Crippen molar-refractivity contribution in [2.24, 2.45) is 5.73 Å². The molecule has 16 heteroatoms. The number of carbonyl (C=O) groups excluding carboxylic acids is 3. The summed E-state index contributed by atoms with van der Waals surface area (Å²) < 4.78 is 43.8. The fourth-order valence-electron chi connectivity index (χ4n) is 6.42. The second-order valence-corrected chi connectivity index (χ2v) is 13.9. The molecule has 0 radical (unpaired) electrons. The van der Waals surface area contributed by atoms with E-state index in [9.17, 15) is 27.6 Å². The van der Waals surface area contributed by atoms with Gasteiger partial charge in [0.15, 0.2) is 0 Å². The number of hydrogen-bond acceptors (Lipinski definition) is 7. The van der Waals surface area contributed by atoms with Crippen LogP contribution in [0.5, 0.6) is 5.75 Å². The predicted molar refractivity (Wildman–Crippen MR) is 177 cm³/mol. The highest BCUT2D eigenvalue weighted by molar-refractivity contribution is 6.35. The van der Waals surface area contributed by atoms with Crippen LogP contribution in [0.2, 0.25) is 10.0 Å². The van der Waals surface area contributed by atoms with Crippen molar-refractivity contribution in [3.8, 4) is 5.75 Å². The van der Waals surface area contributed by atoms with E-state index in [1.54, 1.807) is 13.1 Å².